The monoisotopic (exact) mass is 205 g/mol. The van der Waals surface area contributed by atoms with Gasteiger partial charge in [-0.15, -0.1) is 0 Å². The third-order valence-electron chi connectivity index (χ3n) is 1.68. The molecule has 6 nitrogen and oxygen atoms in total. The van der Waals surface area contributed by atoms with Gasteiger partial charge in [-0.05, 0) is 12.1 Å². The lowest BCUT2D eigenvalue weighted by molar-refractivity contribution is 0.0545. The number of esters is 1. The number of rotatable bonds is 2. The summed E-state index contributed by atoms with van der Waals surface area (Å²) in [5, 5.41) is 3.61. The Labute approximate surface area is 84.9 Å². The molecule has 0 bridgehead atoms. The van der Waals surface area contributed by atoms with Crippen LogP contribution in [0.1, 0.15) is 10.7 Å². The maximum Gasteiger partial charge on any atom is 0.397 e. The Morgan fingerprint density at radius 3 is 3.00 bits per heavy atom. The average Bonchev–Trinajstić information content (AvgIpc) is 2.78. The molecule has 0 fully saturated rings. The van der Waals surface area contributed by atoms with Crippen molar-refractivity contribution < 1.29 is 14.1 Å². The van der Waals surface area contributed by atoms with Crippen molar-refractivity contribution in [3.8, 4) is 11.5 Å². The molecule has 76 valence electrons. The molecule has 2 rings (SSSR count). The van der Waals surface area contributed by atoms with Crippen molar-refractivity contribution in [2.45, 2.75) is 0 Å². The number of ether oxygens (including phenoxy) is 1. The topological polar surface area (TPSA) is 78.1 Å². The highest BCUT2D eigenvalue weighted by Gasteiger charge is 2.16. The lowest BCUT2D eigenvalue weighted by Crippen LogP contribution is -2.01. The molecule has 0 saturated carbocycles. The molecule has 2 aromatic heterocycles. The molecule has 15 heavy (non-hydrogen) atoms. The van der Waals surface area contributed by atoms with Crippen molar-refractivity contribution in [2.75, 3.05) is 7.11 Å². The maximum atomic E-state index is 11.0. The molecule has 0 aliphatic carbocycles. The Morgan fingerprint density at radius 2 is 2.33 bits per heavy atom. The number of carbonyl (C=O) groups excluding carboxylic acids is 1. The largest absolute Gasteiger partial charge is 0.462 e. The van der Waals surface area contributed by atoms with Crippen LogP contribution in [0.25, 0.3) is 11.5 Å². The number of methoxy groups -OCH3 is 1. The zero-order chi connectivity index (χ0) is 10.7. The second-order valence-corrected chi connectivity index (χ2v) is 2.63. The van der Waals surface area contributed by atoms with Crippen LogP contribution in [0.5, 0.6) is 0 Å². The van der Waals surface area contributed by atoms with Gasteiger partial charge in [-0.2, -0.15) is 4.98 Å². The van der Waals surface area contributed by atoms with E-state index in [4.69, 9.17) is 4.52 Å². The third-order valence-corrected chi connectivity index (χ3v) is 1.68. The quantitative estimate of drug-likeness (QED) is 0.678. The molecule has 0 aliphatic heterocycles. The Morgan fingerprint density at radius 1 is 1.47 bits per heavy atom. The molecule has 2 heterocycles. The molecule has 0 amide bonds. The summed E-state index contributed by atoms with van der Waals surface area (Å²) in [5.74, 6) is -0.584. The van der Waals surface area contributed by atoms with Gasteiger partial charge in [0.25, 0.3) is 0 Å². The van der Waals surface area contributed by atoms with Crippen molar-refractivity contribution in [1.82, 2.24) is 15.1 Å². The Balaban J connectivity index is 2.32. The molecule has 0 N–H and O–H groups in total. The second-order valence-electron chi connectivity index (χ2n) is 2.63. The lowest BCUT2D eigenvalue weighted by atomic mass is 10.3. The van der Waals surface area contributed by atoms with E-state index < -0.39 is 5.97 Å². The average molecular weight is 205 g/mol. The SMILES string of the molecule is COC(=O)c1nc(-c2ccccn2)no1. The number of hydrogen-bond acceptors (Lipinski definition) is 6. The van der Waals surface area contributed by atoms with Crippen LogP contribution in [-0.2, 0) is 4.74 Å². The number of pyridine rings is 1. The molecular weight excluding hydrogens is 198 g/mol. The highest BCUT2D eigenvalue weighted by molar-refractivity contribution is 5.84. The van der Waals surface area contributed by atoms with Gasteiger partial charge >= 0.3 is 11.9 Å². The zero-order valence-electron chi connectivity index (χ0n) is 7.88. The molecule has 0 atom stereocenters. The fraction of sp³-hybridized carbons (Fsp3) is 0.111. The van der Waals surface area contributed by atoms with Crippen LogP contribution in [0.2, 0.25) is 0 Å². The first kappa shape index (κ1) is 9.32. The molecule has 0 spiro atoms. The summed E-state index contributed by atoms with van der Waals surface area (Å²) in [7, 11) is 1.24. The van der Waals surface area contributed by atoms with Crippen LogP contribution in [0.4, 0.5) is 0 Å². The fourth-order valence-electron chi connectivity index (χ4n) is 0.993. The van der Waals surface area contributed by atoms with Gasteiger partial charge in [0.2, 0.25) is 5.82 Å². The van der Waals surface area contributed by atoms with E-state index in [1.807, 2.05) is 0 Å². The van der Waals surface area contributed by atoms with Gasteiger partial charge in [-0.1, -0.05) is 11.2 Å². The van der Waals surface area contributed by atoms with Crippen LogP contribution in [-0.4, -0.2) is 28.2 Å². The van der Waals surface area contributed by atoms with Gasteiger partial charge < -0.3 is 9.26 Å². The highest BCUT2D eigenvalue weighted by atomic mass is 16.6. The van der Waals surface area contributed by atoms with E-state index in [1.165, 1.54) is 7.11 Å². The summed E-state index contributed by atoms with van der Waals surface area (Å²) < 4.78 is 9.13. The first-order valence-corrected chi connectivity index (χ1v) is 4.14. The van der Waals surface area contributed by atoms with Crippen LogP contribution in [0.15, 0.2) is 28.9 Å². The standard InChI is InChI=1S/C9H7N3O3/c1-14-9(13)8-11-7(12-15-8)6-4-2-3-5-10-6/h2-5H,1H3. The molecule has 2 aromatic rings. The van der Waals surface area contributed by atoms with Gasteiger partial charge in [-0.3, -0.25) is 4.98 Å². The molecule has 0 aromatic carbocycles. The summed E-state index contributed by atoms with van der Waals surface area (Å²) in [4.78, 5) is 18.9. The zero-order valence-corrected chi connectivity index (χ0v) is 7.88. The smallest absolute Gasteiger partial charge is 0.397 e. The number of carbonyl (C=O) groups is 1. The summed E-state index contributed by atoms with van der Waals surface area (Å²) in [6, 6.07) is 5.27. The van der Waals surface area contributed by atoms with Crippen molar-refractivity contribution >= 4 is 5.97 Å². The van der Waals surface area contributed by atoms with Gasteiger partial charge in [0, 0.05) is 6.20 Å². The summed E-state index contributed by atoms with van der Waals surface area (Å²) in [6.45, 7) is 0. The van der Waals surface area contributed by atoms with Crippen molar-refractivity contribution in [1.29, 1.82) is 0 Å². The summed E-state index contributed by atoms with van der Waals surface area (Å²) in [6.07, 6.45) is 1.60. The van der Waals surface area contributed by atoms with Crippen molar-refractivity contribution in [2.24, 2.45) is 0 Å². The van der Waals surface area contributed by atoms with E-state index in [0.717, 1.165) is 0 Å². The minimum absolute atomic E-state index is 0.182. The van der Waals surface area contributed by atoms with E-state index in [2.05, 4.69) is 19.9 Å². The maximum absolute atomic E-state index is 11.0. The van der Waals surface area contributed by atoms with Crippen LogP contribution in [0, 0.1) is 0 Å². The van der Waals surface area contributed by atoms with Gasteiger partial charge in [0.05, 0.1) is 7.11 Å². The minimum atomic E-state index is -0.662. The first-order chi connectivity index (χ1) is 7.31. The van der Waals surface area contributed by atoms with Crippen LogP contribution in [0.3, 0.4) is 0 Å². The number of nitrogens with zero attached hydrogens (tertiary/aromatic N) is 3. The normalized spacial score (nSPS) is 9.93. The molecule has 0 saturated heterocycles. The predicted octanol–water partition coefficient (Wildman–Crippen LogP) is 0.918. The van der Waals surface area contributed by atoms with Crippen LogP contribution < -0.4 is 0 Å². The van der Waals surface area contributed by atoms with E-state index >= 15 is 0 Å². The number of hydrogen-bond donors (Lipinski definition) is 0. The van der Waals surface area contributed by atoms with Crippen molar-refractivity contribution in [3.63, 3.8) is 0 Å². The fourth-order valence-corrected chi connectivity index (χ4v) is 0.993. The predicted molar refractivity (Wildman–Crippen MR) is 48.9 cm³/mol. The Bertz CT molecular complexity index is 466. The van der Waals surface area contributed by atoms with E-state index in [-0.39, 0.29) is 11.7 Å². The summed E-state index contributed by atoms with van der Waals surface area (Å²) in [5.41, 5.74) is 0.538. The number of aromatic nitrogens is 3. The second kappa shape index (κ2) is 3.87. The molecule has 6 heteroatoms. The van der Waals surface area contributed by atoms with Crippen molar-refractivity contribution in [3.05, 3.63) is 30.3 Å². The Hall–Kier alpha value is -2.24. The van der Waals surface area contributed by atoms with Crippen LogP contribution >= 0.6 is 0 Å². The third kappa shape index (κ3) is 1.83. The molecule has 0 unspecified atom stereocenters. The first-order valence-electron chi connectivity index (χ1n) is 4.14. The van der Waals surface area contributed by atoms with Gasteiger partial charge in [0.15, 0.2) is 0 Å². The van der Waals surface area contributed by atoms with Gasteiger partial charge in [-0.25, -0.2) is 4.79 Å². The molecular formula is C9H7N3O3. The Kier molecular flexibility index (Phi) is 2.40. The van der Waals surface area contributed by atoms with E-state index in [9.17, 15) is 4.79 Å². The molecule has 0 aliphatic rings. The van der Waals surface area contributed by atoms with E-state index in [1.54, 1.807) is 24.4 Å². The lowest BCUT2D eigenvalue weighted by Gasteiger charge is -1.89. The minimum Gasteiger partial charge on any atom is -0.462 e. The highest BCUT2D eigenvalue weighted by Crippen LogP contribution is 2.11. The summed E-state index contributed by atoms with van der Waals surface area (Å²) >= 11 is 0. The van der Waals surface area contributed by atoms with E-state index in [0.29, 0.717) is 5.69 Å². The molecule has 0 radical (unpaired) electrons. The van der Waals surface area contributed by atoms with Gasteiger partial charge in [0.1, 0.15) is 5.69 Å².